The Balaban J connectivity index is 1.88. The Morgan fingerprint density at radius 2 is 1.74 bits per heavy atom. The summed E-state index contributed by atoms with van der Waals surface area (Å²) in [4.78, 5) is 4.32. The van der Waals surface area contributed by atoms with Crippen LogP contribution in [0.1, 0.15) is 5.56 Å². The van der Waals surface area contributed by atoms with E-state index in [1.54, 1.807) is 18.3 Å². The van der Waals surface area contributed by atoms with Gasteiger partial charge in [-0.25, -0.2) is 9.37 Å². The molecular formula is C16H13FN2. The lowest BCUT2D eigenvalue weighted by Gasteiger charge is -2.09. The van der Waals surface area contributed by atoms with E-state index in [1.807, 2.05) is 36.4 Å². The van der Waals surface area contributed by atoms with Crippen LogP contribution in [0.15, 0.2) is 60.8 Å². The minimum absolute atomic E-state index is 0.199. The molecule has 1 heterocycles. The number of hydrogen-bond donors (Lipinski definition) is 1. The van der Waals surface area contributed by atoms with Gasteiger partial charge in [0.05, 0.1) is 0 Å². The minimum Gasteiger partial charge on any atom is -0.365 e. The molecule has 2 aromatic carbocycles. The molecule has 0 atom stereocenters. The zero-order valence-corrected chi connectivity index (χ0v) is 10.3. The maximum atomic E-state index is 13.5. The molecule has 3 aromatic rings. The molecule has 0 unspecified atom stereocenters. The van der Waals surface area contributed by atoms with Crippen molar-refractivity contribution in [3.05, 3.63) is 72.2 Å². The number of nitrogens with one attached hydrogen (secondary N) is 1. The van der Waals surface area contributed by atoms with E-state index in [0.29, 0.717) is 12.1 Å². The maximum absolute atomic E-state index is 13.5. The quantitative estimate of drug-likeness (QED) is 0.762. The third-order valence-corrected chi connectivity index (χ3v) is 3.08. The average Bonchev–Trinajstić information content (AvgIpc) is 2.46. The fraction of sp³-hybridized carbons (Fsp3) is 0.0625. The summed E-state index contributed by atoms with van der Waals surface area (Å²) < 4.78 is 13.5. The van der Waals surface area contributed by atoms with E-state index in [4.69, 9.17) is 0 Å². The van der Waals surface area contributed by atoms with Gasteiger partial charge < -0.3 is 5.32 Å². The van der Waals surface area contributed by atoms with Crippen LogP contribution in [0.3, 0.4) is 0 Å². The Bertz CT molecular complexity index is 704. The van der Waals surface area contributed by atoms with Gasteiger partial charge in [-0.15, -0.1) is 0 Å². The van der Waals surface area contributed by atoms with Gasteiger partial charge in [-0.05, 0) is 17.5 Å². The number of hydrogen-bond acceptors (Lipinski definition) is 2. The van der Waals surface area contributed by atoms with Crippen LogP contribution in [0, 0.1) is 5.82 Å². The van der Waals surface area contributed by atoms with E-state index in [2.05, 4.69) is 10.3 Å². The molecule has 94 valence electrons. The number of aromatic nitrogens is 1. The number of anilines is 1. The first-order valence-electron chi connectivity index (χ1n) is 6.15. The predicted octanol–water partition coefficient (Wildman–Crippen LogP) is 3.99. The van der Waals surface area contributed by atoms with Gasteiger partial charge >= 0.3 is 0 Å². The molecule has 0 bridgehead atoms. The Morgan fingerprint density at radius 1 is 0.947 bits per heavy atom. The molecule has 1 N–H and O–H groups in total. The lowest BCUT2D eigenvalue weighted by Crippen LogP contribution is -2.03. The van der Waals surface area contributed by atoms with Crippen molar-refractivity contribution in [2.45, 2.75) is 6.54 Å². The van der Waals surface area contributed by atoms with Crippen molar-refractivity contribution in [3.8, 4) is 0 Å². The van der Waals surface area contributed by atoms with Gasteiger partial charge in [-0.3, -0.25) is 0 Å². The summed E-state index contributed by atoms with van der Waals surface area (Å²) in [6.45, 7) is 0.424. The Kier molecular flexibility index (Phi) is 3.11. The zero-order chi connectivity index (χ0) is 13.1. The van der Waals surface area contributed by atoms with Crippen molar-refractivity contribution in [2.24, 2.45) is 0 Å². The molecule has 0 spiro atoms. The van der Waals surface area contributed by atoms with Gasteiger partial charge in [0, 0.05) is 23.7 Å². The molecule has 3 heteroatoms. The van der Waals surface area contributed by atoms with Gasteiger partial charge in [0.2, 0.25) is 0 Å². The maximum Gasteiger partial charge on any atom is 0.134 e. The molecule has 0 aliphatic heterocycles. The van der Waals surface area contributed by atoms with Crippen LogP contribution < -0.4 is 5.32 Å². The fourth-order valence-corrected chi connectivity index (χ4v) is 2.08. The molecule has 1 aromatic heterocycles. The summed E-state index contributed by atoms with van der Waals surface area (Å²) in [5.41, 5.74) is 0.636. The van der Waals surface area contributed by atoms with Crippen molar-refractivity contribution >= 4 is 16.6 Å². The summed E-state index contributed by atoms with van der Waals surface area (Å²) in [5, 5.41) is 5.36. The monoisotopic (exact) mass is 252 g/mol. The van der Waals surface area contributed by atoms with E-state index in [1.165, 1.54) is 6.07 Å². The largest absolute Gasteiger partial charge is 0.365 e. The second-order valence-electron chi connectivity index (χ2n) is 4.33. The molecule has 0 saturated heterocycles. The fourth-order valence-electron chi connectivity index (χ4n) is 2.08. The lowest BCUT2D eigenvalue weighted by molar-refractivity contribution is 0.613. The van der Waals surface area contributed by atoms with Crippen molar-refractivity contribution < 1.29 is 4.39 Å². The van der Waals surface area contributed by atoms with Crippen LogP contribution in [-0.4, -0.2) is 4.98 Å². The van der Waals surface area contributed by atoms with E-state index in [-0.39, 0.29) is 5.82 Å². The van der Waals surface area contributed by atoms with Crippen LogP contribution in [-0.2, 0) is 6.54 Å². The molecule has 0 fully saturated rings. The van der Waals surface area contributed by atoms with Crippen LogP contribution in [0.25, 0.3) is 10.8 Å². The number of nitrogens with zero attached hydrogens (tertiary/aromatic N) is 1. The van der Waals surface area contributed by atoms with Gasteiger partial charge in [0.25, 0.3) is 0 Å². The molecule has 0 amide bonds. The summed E-state index contributed by atoms with van der Waals surface area (Å²) in [6.07, 6.45) is 1.76. The first-order chi connectivity index (χ1) is 9.34. The smallest absolute Gasteiger partial charge is 0.134 e. The highest BCUT2D eigenvalue weighted by atomic mass is 19.1. The predicted molar refractivity (Wildman–Crippen MR) is 75.5 cm³/mol. The lowest BCUT2D eigenvalue weighted by atomic mass is 10.1. The molecule has 3 rings (SSSR count). The third kappa shape index (κ3) is 2.40. The molecule has 0 radical (unpaired) electrons. The molecule has 0 saturated carbocycles. The molecular weight excluding hydrogens is 239 g/mol. The van der Waals surface area contributed by atoms with Crippen molar-refractivity contribution in [3.63, 3.8) is 0 Å². The Morgan fingerprint density at radius 3 is 2.63 bits per heavy atom. The highest BCUT2D eigenvalue weighted by molar-refractivity contribution is 5.91. The van der Waals surface area contributed by atoms with Crippen molar-refractivity contribution in [1.82, 2.24) is 4.98 Å². The number of pyridine rings is 1. The first kappa shape index (κ1) is 11.7. The zero-order valence-electron chi connectivity index (χ0n) is 10.3. The number of fused-ring (bicyclic) bond motifs is 1. The summed E-state index contributed by atoms with van der Waals surface area (Å²) in [6, 6.07) is 16.7. The second-order valence-corrected chi connectivity index (χ2v) is 4.33. The van der Waals surface area contributed by atoms with Gasteiger partial charge in [0.15, 0.2) is 0 Å². The van der Waals surface area contributed by atoms with Crippen LogP contribution in [0.4, 0.5) is 10.2 Å². The average molecular weight is 252 g/mol. The highest BCUT2D eigenvalue weighted by Crippen LogP contribution is 2.21. The Hall–Kier alpha value is -2.42. The molecule has 0 aliphatic carbocycles. The van der Waals surface area contributed by atoms with Crippen LogP contribution in [0.5, 0.6) is 0 Å². The topological polar surface area (TPSA) is 24.9 Å². The van der Waals surface area contributed by atoms with Crippen molar-refractivity contribution in [1.29, 1.82) is 0 Å². The number of rotatable bonds is 3. The van der Waals surface area contributed by atoms with Crippen LogP contribution in [0.2, 0.25) is 0 Å². The molecule has 19 heavy (non-hydrogen) atoms. The van der Waals surface area contributed by atoms with Gasteiger partial charge in [-0.2, -0.15) is 0 Å². The summed E-state index contributed by atoms with van der Waals surface area (Å²) >= 11 is 0. The van der Waals surface area contributed by atoms with E-state index < -0.39 is 0 Å². The summed E-state index contributed by atoms with van der Waals surface area (Å²) in [5.74, 6) is 0.580. The minimum atomic E-state index is -0.199. The molecule has 2 nitrogen and oxygen atoms in total. The van der Waals surface area contributed by atoms with Gasteiger partial charge in [0.1, 0.15) is 11.6 Å². The van der Waals surface area contributed by atoms with E-state index in [0.717, 1.165) is 16.6 Å². The highest BCUT2D eigenvalue weighted by Gasteiger charge is 2.03. The normalized spacial score (nSPS) is 10.6. The van der Waals surface area contributed by atoms with E-state index >= 15 is 0 Å². The summed E-state index contributed by atoms with van der Waals surface area (Å²) in [7, 11) is 0. The third-order valence-electron chi connectivity index (χ3n) is 3.08. The van der Waals surface area contributed by atoms with Crippen molar-refractivity contribution in [2.75, 3.05) is 5.32 Å². The number of benzene rings is 2. The van der Waals surface area contributed by atoms with E-state index in [9.17, 15) is 4.39 Å². The standard InChI is InChI=1S/C16H13FN2/c17-15-8-4-2-6-13(15)11-19-16-14-7-3-1-5-12(14)9-10-18-16/h1-10H,11H2,(H,18,19). The molecule has 0 aliphatic rings. The SMILES string of the molecule is Fc1ccccc1CNc1nccc2ccccc12. The Labute approximate surface area is 110 Å². The van der Waals surface area contributed by atoms with Crippen LogP contribution >= 0.6 is 0 Å². The van der Waals surface area contributed by atoms with Gasteiger partial charge in [-0.1, -0.05) is 42.5 Å². The number of halogens is 1. The second kappa shape index (κ2) is 5.06. The first-order valence-corrected chi connectivity index (χ1v) is 6.15.